The van der Waals surface area contributed by atoms with Crippen LogP contribution in [0.5, 0.6) is 5.75 Å². The summed E-state index contributed by atoms with van der Waals surface area (Å²) >= 11 is 0. The number of ether oxygens (including phenoxy) is 1. The molecule has 0 bridgehead atoms. The third kappa shape index (κ3) is 6.53. The van der Waals surface area contributed by atoms with E-state index in [0.29, 0.717) is 42.8 Å². The summed E-state index contributed by atoms with van der Waals surface area (Å²) in [5.41, 5.74) is 4.33. The molecule has 214 valence electrons. The Labute approximate surface area is 241 Å². The number of hydrogen-bond donors (Lipinski definition) is 2. The minimum Gasteiger partial charge on any atom is -0.471 e. The number of likely N-dealkylation sites (tertiary alicyclic amines) is 1. The fourth-order valence-corrected chi connectivity index (χ4v) is 5.64. The van der Waals surface area contributed by atoms with E-state index >= 15 is 0 Å². The molecule has 1 fully saturated rings. The molecule has 5 rings (SSSR count). The number of rotatable bonds is 9. The Morgan fingerprint density at radius 1 is 0.927 bits per heavy atom. The van der Waals surface area contributed by atoms with Crippen LogP contribution in [-0.2, 0) is 11.2 Å². The first kappa shape index (κ1) is 28.2. The summed E-state index contributed by atoms with van der Waals surface area (Å²) in [6.45, 7) is 3.25. The van der Waals surface area contributed by atoms with Gasteiger partial charge in [-0.2, -0.15) is 0 Å². The molecule has 3 amide bonds. The summed E-state index contributed by atoms with van der Waals surface area (Å²) in [6, 6.07) is 22.6. The summed E-state index contributed by atoms with van der Waals surface area (Å²) < 4.78 is 6.09. The Bertz CT molecular complexity index is 1360. The van der Waals surface area contributed by atoms with Crippen molar-refractivity contribution in [2.24, 2.45) is 0 Å². The van der Waals surface area contributed by atoms with Gasteiger partial charge in [0.25, 0.3) is 11.8 Å². The number of fused-ring (bicyclic) bond motifs is 1. The summed E-state index contributed by atoms with van der Waals surface area (Å²) in [6.07, 6.45) is 3.84. The summed E-state index contributed by atoms with van der Waals surface area (Å²) in [4.78, 5) is 42.7. The van der Waals surface area contributed by atoms with Crippen LogP contribution < -0.4 is 20.3 Å². The number of amides is 3. The lowest BCUT2D eigenvalue weighted by molar-refractivity contribution is -0.119. The van der Waals surface area contributed by atoms with Crippen LogP contribution in [0, 0.1) is 0 Å². The molecule has 2 heterocycles. The number of carbonyl (C=O) groups excluding carboxylic acids is 3. The maximum Gasteiger partial charge on any atom is 0.254 e. The van der Waals surface area contributed by atoms with Crippen LogP contribution in [0.2, 0.25) is 0 Å². The van der Waals surface area contributed by atoms with Gasteiger partial charge in [0.05, 0.1) is 0 Å². The van der Waals surface area contributed by atoms with E-state index in [0.717, 1.165) is 37.1 Å². The van der Waals surface area contributed by atoms with Crippen molar-refractivity contribution < 1.29 is 19.1 Å². The van der Waals surface area contributed by atoms with Crippen LogP contribution >= 0.6 is 0 Å². The molecule has 0 radical (unpaired) electrons. The van der Waals surface area contributed by atoms with Gasteiger partial charge in [-0.1, -0.05) is 31.5 Å². The number of nitrogens with zero attached hydrogens (tertiary/aromatic N) is 2. The quantitative estimate of drug-likeness (QED) is 0.353. The molecule has 2 aliphatic heterocycles. The molecule has 0 spiro atoms. The number of aryl methyl sites for hydroxylation is 1. The third-order valence-corrected chi connectivity index (χ3v) is 7.90. The van der Waals surface area contributed by atoms with Gasteiger partial charge < -0.3 is 25.2 Å². The highest BCUT2D eigenvalue weighted by atomic mass is 16.5. The Hall–Kier alpha value is -4.33. The third-order valence-electron chi connectivity index (χ3n) is 7.90. The average molecular weight is 555 g/mol. The van der Waals surface area contributed by atoms with E-state index in [1.807, 2.05) is 54.1 Å². The van der Waals surface area contributed by atoms with Gasteiger partial charge in [-0.3, -0.25) is 14.4 Å². The molecule has 8 heteroatoms. The Morgan fingerprint density at radius 3 is 2.29 bits per heavy atom. The van der Waals surface area contributed by atoms with Crippen molar-refractivity contribution in [1.29, 1.82) is 0 Å². The highest BCUT2D eigenvalue weighted by Gasteiger charge is 2.33. The van der Waals surface area contributed by atoms with E-state index in [1.54, 1.807) is 36.4 Å². The van der Waals surface area contributed by atoms with Crippen LogP contribution in [0.4, 0.5) is 11.4 Å². The van der Waals surface area contributed by atoms with Gasteiger partial charge in [0, 0.05) is 61.5 Å². The number of carbonyl (C=O) groups is 3. The predicted molar refractivity (Wildman–Crippen MR) is 160 cm³/mol. The van der Waals surface area contributed by atoms with Gasteiger partial charge in [0.1, 0.15) is 5.75 Å². The van der Waals surface area contributed by atoms with Gasteiger partial charge in [-0.25, -0.2) is 0 Å². The van der Waals surface area contributed by atoms with E-state index < -0.39 is 6.23 Å². The lowest BCUT2D eigenvalue weighted by Gasteiger charge is -2.41. The smallest absolute Gasteiger partial charge is 0.254 e. The van der Waals surface area contributed by atoms with Crippen molar-refractivity contribution >= 4 is 29.1 Å². The fraction of sp³-hybridized carbons (Fsp3) is 0.364. The minimum absolute atomic E-state index is 0.0243. The monoisotopic (exact) mass is 554 g/mol. The average Bonchev–Trinajstić information content (AvgIpc) is 3.01. The van der Waals surface area contributed by atoms with Gasteiger partial charge in [-0.05, 0) is 79.4 Å². The number of benzene rings is 3. The maximum absolute atomic E-state index is 13.3. The van der Waals surface area contributed by atoms with Gasteiger partial charge in [-0.15, -0.1) is 0 Å². The zero-order valence-electron chi connectivity index (χ0n) is 23.8. The molecule has 3 aromatic carbocycles. The SMILES string of the molecule is CCCC(NC(=O)c1ccc(NC)cc1)Oc1ccc(C(=O)N2CCC(N3C(=O)CCc4ccccc43)CC2)cc1. The number of hydrogen-bond acceptors (Lipinski definition) is 5. The summed E-state index contributed by atoms with van der Waals surface area (Å²) in [7, 11) is 1.83. The van der Waals surface area contributed by atoms with E-state index in [1.165, 1.54) is 5.56 Å². The molecule has 1 atom stereocenters. The van der Waals surface area contributed by atoms with Gasteiger partial charge in [0.2, 0.25) is 5.91 Å². The van der Waals surface area contributed by atoms with Gasteiger partial charge >= 0.3 is 0 Å². The second-order valence-electron chi connectivity index (χ2n) is 10.6. The van der Waals surface area contributed by atoms with Crippen LogP contribution in [0.1, 0.15) is 65.3 Å². The molecule has 0 aliphatic carbocycles. The van der Waals surface area contributed by atoms with Crippen LogP contribution in [-0.4, -0.2) is 55.0 Å². The highest BCUT2D eigenvalue weighted by molar-refractivity contribution is 5.97. The molecule has 1 saturated heterocycles. The first-order valence-corrected chi connectivity index (χ1v) is 14.5. The van der Waals surface area contributed by atoms with Crippen molar-refractivity contribution in [3.05, 3.63) is 89.5 Å². The van der Waals surface area contributed by atoms with Crippen molar-refractivity contribution in [1.82, 2.24) is 10.2 Å². The Kier molecular flexibility index (Phi) is 8.87. The predicted octanol–water partition coefficient (Wildman–Crippen LogP) is 5.25. The molecular weight excluding hydrogens is 516 g/mol. The molecular formula is C33H38N4O4. The maximum atomic E-state index is 13.3. The van der Waals surface area contributed by atoms with Crippen molar-refractivity contribution in [3.63, 3.8) is 0 Å². The fourth-order valence-electron chi connectivity index (χ4n) is 5.64. The van der Waals surface area contributed by atoms with Crippen LogP contribution in [0.25, 0.3) is 0 Å². The molecule has 0 aromatic heterocycles. The Morgan fingerprint density at radius 2 is 1.61 bits per heavy atom. The molecule has 41 heavy (non-hydrogen) atoms. The zero-order chi connectivity index (χ0) is 28.8. The lowest BCUT2D eigenvalue weighted by Crippen LogP contribution is -2.50. The van der Waals surface area contributed by atoms with E-state index in [9.17, 15) is 14.4 Å². The van der Waals surface area contributed by atoms with E-state index in [-0.39, 0.29) is 23.8 Å². The normalized spacial score (nSPS) is 16.1. The summed E-state index contributed by atoms with van der Waals surface area (Å²) in [5.74, 6) is 0.542. The Balaban J connectivity index is 1.16. The molecule has 8 nitrogen and oxygen atoms in total. The van der Waals surface area contributed by atoms with Crippen LogP contribution in [0.3, 0.4) is 0 Å². The topological polar surface area (TPSA) is 91.0 Å². The largest absolute Gasteiger partial charge is 0.471 e. The molecule has 2 aliphatic rings. The second kappa shape index (κ2) is 12.9. The van der Waals surface area contributed by atoms with Gasteiger partial charge in [0.15, 0.2) is 6.23 Å². The van der Waals surface area contributed by atoms with Crippen molar-refractivity contribution in [3.8, 4) is 5.75 Å². The number of para-hydroxylation sites is 1. The van der Waals surface area contributed by atoms with Crippen LogP contribution in [0.15, 0.2) is 72.8 Å². The number of anilines is 2. The van der Waals surface area contributed by atoms with E-state index in [4.69, 9.17) is 4.74 Å². The minimum atomic E-state index is -0.486. The molecule has 3 aromatic rings. The molecule has 1 unspecified atom stereocenters. The highest BCUT2D eigenvalue weighted by Crippen LogP contribution is 2.32. The lowest BCUT2D eigenvalue weighted by atomic mass is 9.95. The number of nitrogens with one attached hydrogen (secondary N) is 2. The van der Waals surface area contributed by atoms with Crippen molar-refractivity contribution in [2.45, 2.75) is 57.7 Å². The second-order valence-corrected chi connectivity index (χ2v) is 10.6. The zero-order valence-corrected chi connectivity index (χ0v) is 23.8. The first-order chi connectivity index (χ1) is 20.0. The van der Waals surface area contributed by atoms with E-state index in [2.05, 4.69) is 16.7 Å². The standard InChI is InChI=1S/C33H38N4O4/c1-3-6-30(35-32(39)24-9-14-26(34-2)15-10-24)41-28-16-11-25(12-17-28)33(40)36-21-19-27(20-22-36)37-29-8-5-4-7-23(29)13-18-31(37)38/h4-5,7-12,14-17,27,30,34H,3,6,13,18-22H2,1-2H3,(H,35,39). The molecule has 2 N–H and O–H groups in total. The molecule has 0 saturated carbocycles. The first-order valence-electron chi connectivity index (χ1n) is 14.5. The van der Waals surface area contributed by atoms with Crippen molar-refractivity contribution in [2.75, 3.05) is 30.4 Å². The summed E-state index contributed by atoms with van der Waals surface area (Å²) in [5, 5.41) is 6.01. The number of piperidine rings is 1.